The van der Waals surface area contributed by atoms with Gasteiger partial charge in [-0.2, -0.15) is 4.31 Å². The number of nitrogens with zero attached hydrogens (tertiary/aromatic N) is 1. The molecule has 38 heavy (non-hydrogen) atoms. The van der Waals surface area contributed by atoms with Gasteiger partial charge in [-0.15, -0.1) is 0 Å². The van der Waals surface area contributed by atoms with Crippen molar-refractivity contribution in [2.45, 2.75) is 23.5 Å². The summed E-state index contributed by atoms with van der Waals surface area (Å²) in [5.74, 6) is -0.874. The van der Waals surface area contributed by atoms with Crippen molar-refractivity contribution in [3.8, 4) is 11.5 Å². The fourth-order valence-corrected chi connectivity index (χ4v) is 5.95. The number of β-amino-alcohol motifs (C(OH)–C–C–N with tert-alkyl or cyclic N) is 1. The third kappa shape index (κ3) is 6.58. The number of aliphatic hydroxyl groups is 1. The maximum Gasteiger partial charge on any atom is 0.325 e. The molecule has 3 aromatic carbocycles. The third-order valence-electron chi connectivity index (χ3n) is 5.54. The average molecular weight is 600 g/mol. The number of ether oxygens (including phenoxy) is 2. The molecule has 1 amide bonds. The second-order valence-corrected chi connectivity index (χ2v) is 11.4. The molecule has 9 nitrogen and oxygen atoms in total. The van der Waals surface area contributed by atoms with E-state index in [2.05, 4.69) is 5.32 Å². The second kappa shape index (κ2) is 11.9. The number of carbonyl (C=O) groups excluding carboxylic acids is 2. The van der Waals surface area contributed by atoms with Crippen LogP contribution in [0.2, 0.25) is 15.1 Å². The summed E-state index contributed by atoms with van der Waals surface area (Å²) in [6.07, 6.45) is -1.31. The first-order valence-corrected chi connectivity index (χ1v) is 13.8. The number of amides is 1. The second-order valence-electron chi connectivity index (χ2n) is 8.27. The topological polar surface area (TPSA) is 122 Å². The molecule has 0 saturated carbocycles. The zero-order valence-electron chi connectivity index (χ0n) is 19.5. The van der Waals surface area contributed by atoms with Gasteiger partial charge >= 0.3 is 5.97 Å². The number of benzene rings is 3. The van der Waals surface area contributed by atoms with Gasteiger partial charge in [0.25, 0.3) is 5.91 Å². The summed E-state index contributed by atoms with van der Waals surface area (Å²) < 4.78 is 38.0. The number of para-hydroxylation sites is 1. The summed E-state index contributed by atoms with van der Waals surface area (Å²) in [5, 5.41) is 13.2. The van der Waals surface area contributed by atoms with Crippen LogP contribution in [-0.2, 0) is 24.3 Å². The molecular formula is C25H21Cl3N2O7S. The zero-order chi connectivity index (χ0) is 27.4. The Morgan fingerprint density at radius 1 is 1.00 bits per heavy atom. The molecule has 0 aliphatic carbocycles. The first kappa shape index (κ1) is 28.2. The van der Waals surface area contributed by atoms with Gasteiger partial charge in [-0.1, -0.05) is 53.0 Å². The van der Waals surface area contributed by atoms with Crippen LogP contribution in [0, 0.1) is 0 Å². The number of rotatable bonds is 8. The molecule has 1 aliphatic heterocycles. The molecule has 13 heteroatoms. The largest absolute Gasteiger partial charge is 0.455 e. The van der Waals surface area contributed by atoms with Gasteiger partial charge in [0.1, 0.15) is 11.8 Å². The molecule has 0 aromatic heterocycles. The van der Waals surface area contributed by atoms with E-state index in [1.807, 2.05) is 6.07 Å². The van der Waals surface area contributed by atoms with E-state index in [1.54, 1.807) is 36.4 Å². The lowest BCUT2D eigenvalue weighted by molar-refractivity contribution is -0.150. The normalized spacial score (nSPS) is 17.7. The van der Waals surface area contributed by atoms with Crippen molar-refractivity contribution >= 4 is 62.4 Å². The Labute approximate surface area is 233 Å². The lowest BCUT2D eigenvalue weighted by Gasteiger charge is -2.22. The van der Waals surface area contributed by atoms with Gasteiger partial charge < -0.3 is 19.9 Å². The molecule has 2 N–H and O–H groups in total. The lowest BCUT2D eigenvalue weighted by Crippen LogP contribution is -2.42. The van der Waals surface area contributed by atoms with E-state index in [1.165, 1.54) is 18.2 Å². The van der Waals surface area contributed by atoms with Crippen molar-refractivity contribution in [1.29, 1.82) is 0 Å². The minimum absolute atomic E-state index is 0.0138. The number of aliphatic hydroxyl groups excluding tert-OH is 1. The highest BCUT2D eigenvalue weighted by Gasteiger charge is 2.44. The van der Waals surface area contributed by atoms with E-state index in [4.69, 9.17) is 44.3 Å². The SMILES string of the molecule is O=C(COC(=O)[C@@H]1C[C@H](O)CN1S(=O)(=O)c1ccc(Cl)c(Cl)c1)Nc1cc(Cl)ccc1Oc1ccccc1. The summed E-state index contributed by atoms with van der Waals surface area (Å²) in [4.78, 5) is 25.2. The van der Waals surface area contributed by atoms with Crippen LogP contribution in [0.4, 0.5) is 5.69 Å². The Bertz CT molecular complexity index is 1450. The summed E-state index contributed by atoms with van der Waals surface area (Å²) in [5.41, 5.74) is 0.238. The molecule has 1 fully saturated rings. The van der Waals surface area contributed by atoms with Crippen LogP contribution in [0.15, 0.2) is 71.6 Å². The predicted octanol–water partition coefficient (Wildman–Crippen LogP) is 4.74. The van der Waals surface area contributed by atoms with E-state index in [9.17, 15) is 23.1 Å². The maximum absolute atomic E-state index is 13.2. The molecule has 0 radical (unpaired) electrons. The Balaban J connectivity index is 1.43. The molecule has 0 spiro atoms. The molecular weight excluding hydrogens is 579 g/mol. The monoisotopic (exact) mass is 598 g/mol. The van der Waals surface area contributed by atoms with Gasteiger partial charge in [-0.05, 0) is 48.5 Å². The molecule has 1 aliphatic rings. The fraction of sp³-hybridized carbons (Fsp3) is 0.200. The first-order chi connectivity index (χ1) is 18.0. The van der Waals surface area contributed by atoms with Crippen LogP contribution in [-0.4, -0.2) is 55.0 Å². The number of hydrogen-bond donors (Lipinski definition) is 2. The van der Waals surface area contributed by atoms with Crippen molar-refractivity contribution < 1.29 is 32.6 Å². The van der Waals surface area contributed by atoms with Crippen LogP contribution < -0.4 is 10.1 Å². The highest BCUT2D eigenvalue weighted by molar-refractivity contribution is 7.89. The Morgan fingerprint density at radius 2 is 1.74 bits per heavy atom. The molecule has 200 valence electrons. The van der Waals surface area contributed by atoms with Gasteiger partial charge in [-0.25, -0.2) is 8.42 Å². The Kier molecular flexibility index (Phi) is 8.81. The number of hydrogen-bond acceptors (Lipinski definition) is 7. The number of nitrogens with one attached hydrogen (secondary N) is 1. The van der Waals surface area contributed by atoms with Gasteiger partial charge in [0.2, 0.25) is 10.0 Å². The molecule has 3 aromatic rings. The summed E-state index contributed by atoms with van der Waals surface area (Å²) in [6.45, 7) is -1.05. The fourth-order valence-electron chi connectivity index (χ4n) is 3.76. The number of halogens is 3. The molecule has 1 saturated heterocycles. The highest BCUT2D eigenvalue weighted by atomic mass is 35.5. The number of carbonyl (C=O) groups is 2. The zero-order valence-corrected chi connectivity index (χ0v) is 22.6. The highest BCUT2D eigenvalue weighted by Crippen LogP contribution is 2.33. The van der Waals surface area contributed by atoms with E-state index in [0.29, 0.717) is 16.5 Å². The van der Waals surface area contributed by atoms with E-state index >= 15 is 0 Å². The molecule has 4 rings (SSSR count). The number of esters is 1. The van der Waals surface area contributed by atoms with Crippen molar-refractivity contribution in [3.63, 3.8) is 0 Å². The standard InChI is InChI=1S/C25H21Cl3N2O7S/c26-15-6-9-23(37-17-4-2-1-3-5-17)21(10-15)29-24(32)14-36-25(33)22-11-16(31)13-30(22)38(34,35)18-7-8-19(27)20(28)12-18/h1-10,12,16,22,31H,11,13-14H2,(H,29,32)/t16-,22-/m0/s1. The van der Waals surface area contributed by atoms with E-state index in [-0.39, 0.29) is 33.6 Å². The van der Waals surface area contributed by atoms with Crippen molar-refractivity contribution in [3.05, 3.63) is 81.8 Å². The number of anilines is 1. The Morgan fingerprint density at radius 3 is 2.45 bits per heavy atom. The minimum atomic E-state index is -4.23. The first-order valence-electron chi connectivity index (χ1n) is 11.2. The molecule has 0 bridgehead atoms. The van der Waals surface area contributed by atoms with E-state index in [0.717, 1.165) is 10.4 Å². The summed E-state index contributed by atoms with van der Waals surface area (Å²) in [6, 6.07) is 15.8. The predicted molar refractivity (Wildman–Crippen MR) is 142 cm³/mol. The Hall–Kier alpha value is -2.86. The van der Waals surface area contributed by atoms with Crippen LogP contribution in [0.3, 0.4) is 0 Å². The van der Waals surface area contributed by atoms with Crippen molar-refractivity contribution in [2.24, 2.45) is 0 Å². The van der Waals surface area contributed by atoms with E-state index < -0.39 is 40.7 Å². The van der Waals surface area contributed by atoms with Crippen LogP contribution in [0.25, 0.3) is 0 Å². The van der Waals surface area contributed by atoms with Gasteiger partial charge in [0.15, 0.2) is 12.4 Å². The average Bonchev–Trinajstić information content (AvgIpc) is 3.29. The van der Waals surface area contributed by atoms with Gasteiger partial charge in [0, 0.05) is 18.0 Å². The lowest BCUT2D eigenvalue weighted by atomic mass is 10.2. The quantitative estimate of drug-likeness (QED) is 0.359. The maximum atomic E-state index is 13.2. The van der Waals surface area contributed by atoms with Crippen LogP contribution in [0.1, 0.15) is 6.42 Å². The summed E-state index contributed by atoms with van der Waals surface area (Å²) >= 11 is 17.9. The van der Waals surface area contributed by atoms with Crippen LogP contribution >= 0.6 is 34.8 Å². The molecule has 1 heterocycles. The van der Waals surface area contributed by atoms with Gasteiger partial charge in [-0.3, -0.25) is 9.59 Å². The summed E-state index contributed by atoms with van der Waals surface area (Å²) in [7, 11) is -4.23. The van der Waals surface area contributed by atoms with Crippen LogP contribution in [0.5, 0.6) is 11.5 Å². The molecule has 0 unspecified atom stereocenters. The number of sulfonamides is 1. The van der Waals surface area contributed by atoms with Crippen molar-refractivity contribution in [1.82, 2.24) is 4.31 Å². The van der Waals surface area contributed by atoms with Crippen molar-refractivity contribution in [2.75, 3.05) is 18.5 Å². The van der Waals surface area contributed by atoms with Gasteiger partial charge in [0.05, 0.1) is 26.7 Å². The smallest absolute Gasteiger partial charge is 0.325 e. The minimum Gasteiger partial charge on any atom is -0.455 e. The molecule has 2 atom stereocenters. The third-order valence-corrected chi connectivity index (χ3v) is 8.38.